The zero-order chi connectivity index (χ0) is 13.0. The molecule has 5 nitrogen and oxygen atoms in total. The highest BCUT2D eigenvalue weighted by molar-refractivity contribution is 5.79. The van der Waals surface area contributed by atoms with Gasteiger partial charge in [0, 0.05) is 38.6 Å². The first kappa shape index (κ1) is 13.3. The first-order valence-corrected chi connectivity index (χ1v) is 6.78. The fourth-order valence-electron chi connectivity index (χ4n) is 2.46. The minimum absolute atomic E-state index is 0.164. The summed E-state index contributed by atoms with van der Waals surface area (Å²) in [5.41, 5.74) is 0. The lowest BCUT2D eigenvalue weighted by atomic mass is 9.84. The summed E-state index contributed by atoms with van der Waals surface area (Å²) >= 11 is 0. The van der Waals surface area contributed by atoms with E-state index in [1.54, 1.807) is 0 Å². The van der Waals surface area contributed by atoms with Crippen molar-refractivity contribution in [1.29, 1.82) is 0 Å². The fraction of sp³-hybridized carbons (Fsp3) is 0.846. The predicted octanol–water partition coefficient (Wildman–Crippen LogP) is 0.494. The van der Waals surface area contributed by atoms with E-state index in [9.17, 15) is 9.59 Å². The molecule has 0 radical (unpaired) electrons. The lowest BCUT2D eigenvalue weighted by Gasteiger charge is -2.38. The van der Waals surface area contributed by atoms with E-state index in [2.05, 4.69) is 9.64 Å². The third-order valence-electron chi connectivity index (χ3n) is 4.00. The number of carbonyl (C=O) groups is 2. The number of nitrogens with zero attached hydrogens (tertiary/aromatic N) is 2. The van der Waals surface area contributed by atoms with Crippen LogP contribution >= 0.6 is 0 Å². The van der Waals surface area contributed by atoms with Gasteiger partial charge in [-0.15, -0.1) is 0 Å². The molecule has 0 bridgehead atoms. The molecule has 2 rings (SSSR count). The predicted molar refractivity (Wildman–Crippen MR) is 67.0 cm³/mol. The van der Waals surface area contributed by atoms with E-state index in [0.29, 0.717) is 18.2 Å². The molecular weight excluding hydrogens is 232 g/mol. The van der Waals surface area contributed by atoms with Crippen LogP contribution in [0.3, 0.4) is 0 Å². The van der Waals surface area contributed by atoms with Gasteiger partial charge in [0.2, 0.25) is 5.91 Å². The second-order valence-electron chi connectivity index (χ2n) is 5.12. The monoisotopic (exact) mass is 254 g/mol. The zero-order valence-electron chi connectivity index (χ0n) is 11.1. The Bertz CT molecular complexity index is 307. The van der Waals surface area contributed by atoms with E-state index in [1.165, 1.54) is 13.5 Å². The average Bonchev–Trinajstić information content (AvgIpc) is 2.34. The highest BCUT2D eigenvalue weighted by Gasteiger charge is 2.31. The van der Waals surface area contributed by atoms with E-state index in [-0.39, 0.29) is 5.97 Å². The van der Waals surface area contributed by atoms with Gasteiger partial charge in [-0.05, 0) is 12.8 Å². The largest absolute Gasteiger partial charge is 0.469 e. The Balaban J connectivity index is 1.67. The van der Waals surface area contributed by atoms with Crippen LogP contribution in [0.25, 0.3) is 0 Å². The van der Waals surface area contributed by atoms with Crippen molar-refractivity contribution in [2.24, 2.45) is 5.92 Å². The lowest BCUT2D eigenvalue weighted by molar-refractivity contribution is -0.143. The molecule has 0 aromatic carbocycles. The van der Waals surface area contributed by atoms with Crippen LogP contribution < -0.4 is 0 Å². The lowest BCUT2D eigenvalue weighted by Crippen LogP contribution is -2.51. The molecule has 18 heavy (non-hydrogen) atoms. The Hall–Kier alpha value is -1.10. The smallest absolute Gasteiger partial charge is 0.306 e. The van der Waals surface area contributed by atoms with Gasteiger partial charge in [0.25, 0.3) is 0 Å². The van der Waals surface area contributed by atoms with Crippen LogP contribution in [0.1, 0.15) is 25.7 Å². The molecule has 0 unspecified atom stereocenters. The van der Waals surface area contributed by atoms with Gasteiger partial charge in [-0.25, -0.2) is 0 Å². The number of methoxy groups -OCH3 is 1. The van der Waals surface area contributed by atoms with Crippen LogP contribution in [-0.4, -0.2) is 61.5 Å². The third kappa shape index (κ3) is 3.22. The normalized spacial score (nSPS) is 21.5. The van der Waals surface area contributed by atoms with Gasteiger partial charge in [-0.1, -0.05) is 6.42 Å². The second-order valence-corrected chi connectivity index (χ2v) is 5.12. The Morgan fingerprint density at radius 2 is 1.83 bits per heavy atom. The number of rotatable bonds is 4. The van der Waals surface area contributed by atoms with Crippen LogP contribution in [0.15, 0.2) is 0 Å². The number of piperazine rings is 1. The van der Waals surface area contributed by atoms with Gasteiger partial charge in [-0.2, -0.15) is 0 Å². The molecule has 1 aliphatic carbocycles. The van der Waals surface area contributed by atoms with Gasteiger partial charge >= 0.3 is 5.97 Å². The molecule has 1 saturated carbocycles. The van der Waals surface area contributed by atoms with E-state index in [1.807, 2.05) is 4.90 Å². The average molecular weight is 254 g/mol. The van der Waals surface area contributed by atoms with E-state index in [4.69, 9.17) is 0 Å². The van der Waals surface area contributed by atoms with Gasteiger partial charge in [-0.3, -0.25) is 14.5 Å². The molecule has 1 amide bonds. The molecule has 5 heteroatoms. The maximum absolute atomic E-state index is 12.0. The SMILES string of the molecule is COC(=O)CCN1CCN(C(=O)C2CCC2)CC1. The summed E-state index contributed by atoms with van der Waals surface area (Å²) in [5, 5.41) is 0. The molecule has 0 atom stereocenters. The summed E-state index contributed by atoms with van der Waals surface area (Å²) in [6.45, 7) is 4.08. The van der Waals surface area contributed by atoms with Crippen molar-refractivity contribution < 1.29 is 14.3 Å². The van der Waals surface area contributed by atoms with Crippen molar-refractivity contribution in [3.05, 3.63) is 0 Å². The van der Waals surface area contributed by atoms with Crippen molar-refractivity contribution >= 4 is 11.9 Å². The zero-order valence-corrected chi connectivity index (χ0v) is 11.1. The Morgan fingerprint density at radius 3 is 2.33 bits per heavy atom. The molecule has 2 fully saturated rings. The Morgan fingerprint density at radius 1 is 1.17 bits per heavy atom. The number of hydrogen-bond acceptors (Lipinski definition) is 4. The summed E-state index contributed by atoms with van der Waals surface area (Å²) in [5.74, 6) is 0.475. The third-order valence-corrected chi connectivity index (χ3v) is 4.00. The number of carbonyl (C=O) groups excluding carboxylic acids is 2. The minimum atomic E-state index is -0.164. The first-order valence-electron chi connectivity index (χ1n) is 6.78. The van der Waals surface area contributed by atoms with Crippen LogP contribution in [-0.2, 0) is 14.3 Å². The molecule has 0 aromatic rings. The van der Waals surface area contributed by atoms with E-state index >= 15 is 0 Å². The summed E-state index contributed by atoms with van der Waals surface area (Å²) in [6, 6.07) is 0. The molecule has 102 valence electrons. The highest BCUT2D eigenvalue weighted by atomic mass is 16.5. The van der Waals surface area contributed by atoms with Crippen molar-refractivity contribution in [1.82, 2.24) is 9.80 Å². The van der Waals surface area contributed by atoms with Crippen LogP contribution in [0.2, 0.25) is 0 Å². The molecule has 0 N–H and O–H groups in total. The topological polar surface area (TPSA) is 49.9 Å². The van der Waals surface area contributed by atoms with Crippen molar-refractivity contribution in [2.45, 2.75) is 25.7 Å². The van der Waals surface area contributed by atoms with Gasteiger partial charge in [0.1, 0.15) is 0 Å². The van der Waals surface area contributed by atoms with Crippen molar-refractivity contribution in [2.75, 3.05) is 39.8 Å². The summed E-state index contributed by atoms with van der Waals surface area (Å²) in [6.07, 6.45) is 3.78. The summed E-state index contributed by atoms with van der Waals surface area (Å²) < 4.78 is 4.62. The maximum atomic E-state index is 12.0. The Kier molecular flexibility index (Phi) is 4.58. The molecular formula is C13H22N2O3. The quantitative estimate of drug-likeness (QED) is 0.685. The van der Waals surface area contributed by atoms with Gasteiger partial charge < -0.3 is 9.64 Å². The molecule has 1 heterocycles. The van der Waals surface area contributed by atoms with Crippen LogP contribution in [0.5, 0.6) is 0 Å². The van der Waals surface area contributed by atoms with Crippen molar-refractivity contribution in [3.63, 3.8) is 0 Å². The molecule has 1 aliphatic heterocycles. The number of hydrogen-bond donors (Lipinski definition) is 0. The first-order chi connectivity index (χ1) is 8.70. The fourth-order valence-corrected chi connectivity index (χ4v) is 2.46. The van der Waals surface area contributed by atoms with Gasteiger partial charge in [0.15, 0.2) is 0 Å². The minimum Gasteiger partial charge on any atom is -0.469 e. The van der Waals surface area contributed by atoms with Crippen LogP contribution in [0.4, 0.5) is 0 Å². The van der Waals surface area contributed by atoms with E-state index < -0.39 is 0 Å². The van der Waals surface area contributed by atoms with E-state index in [0.717, 1.165) is 45.6 Å². The van der Waals surface area contributed by atoms with Gasteiger partial charge in [0.05, 0.1) is 13.5 Å². The second kappa shape index (κ2) is 6.18. The number of amides is 1. The molecule has 1 saturated heterocycles. The number of esters is 1. The standard InChI is InChI=1S/C13H22N2O3/c1-18-12(16)5-6-14-7-9-15(10-8-14)13(17)11-3-2-4-11/h11H,2-10H2,1H3. The van der Waals surface area contributed by atoms with Crippen molar-refractivity contribution in [3.8, 4) is 0 Å². The molecule has 2 aliphatic rings. The Labute approximate surface area is 108 Å². The summed E-state index contributed by atoms with van der Waals surface area (Å²) in [4.78, 5) is 27.3. The highest BCUT2D eigenvalue weighted by Crippen LogP contribution is 2.28. The molecule has 0 spiro atoms. The summed E-state index contributed by atoms with van der Waals surface area (Å²) in [7, 11) is 1.41. The van der Waals surface area contributed by atoms with Crippen LogP contribution in [0, 0.1) is 5.92 Å². The molecule has 0 aromatic heterocycles. The number of ether oxygens (including phenoxy) is 1. The maximum Gasteiger partial charge on any atom is 0.306 e.